The van der Waals surface area contributed by atoms with Gasteiger partial charge >= 0.3 is 0 Å². The average Bonchev–Trinajstić information content (AvgIpc) is 2.87. The summed E-state index contributed by atoms with van der Waals surface area (Å²) in [5.41, 5.74) is 3.05. The van der Waals surface area contributed by atoms with E-state index >= 15 is 0 Å². The summed E-state index contributed by atoms with van der Waals surface area (Å²) in [7, 11) is 0. The first-order valence-electron chi connectivity index (χ1n) is 8.38. The Balaban J connectivity index is 1.99. The summed E-state index contributed by atoms with van der Waals surface area (Å²) in [5.74, 6) is 0. The minimum atomic E-state index is -0.769. The van der Waals surface area contributed by atoms with Gasteiger partial charge in [0, 0.05) is 6.54 Å². The number of aromatic nitrogens is 2. The molecule has 0 radical (unpaired) electrons. The van der Waals surface area contributed by atoms with Crippen LogP contribution in [0.1, 0.15) is 31.4 Å². The number of unbranched alkanes of at least 4 members (excludes halogenated alkanes) is 1. The summed E-state index contributed by atoms with van der Waals surface area (Å²) in [6.45, 7) is 3.22. The molecule has 132 valence electrons. The maximum absolute atomic E-state index is 10.6. The van der Waals surface area contributed by atoms with Gasteiger partial charge in [0.1, 0.15) is 0 Å². The van der Waals surface area contributed by atoms with Crippen LogP contribution in [0, 0.1) is 5.41 Å². The molecule has 3 aromatic rings. The Morgan fingerprint density at radius 2 is 1.72 bits per heavy atom. The van der Waals surface area contributed by atoms with Crippen molar-refractivity contribution in [3.63, 3.8) is 0 Å². The SMILES string of the molecule is CCCCn1c(=N)n(C[C@H](O)c2ccc(Cl)c(Cl)c2)c2ccccc21. The van der Waals surface area contributed by atoms with Crippen LogP contribution in [0.15, 0.2) is 42.5 Å². The second-order valence-corrected chi connectivity index (χ2v) is 6.93. The Kier molecular flexibility index (Phi) is 5.52. The standard InChI is InChI=1S/C19H21Cl2N3O/c1-2-3-10-23-16-6-4-5-7-17(16)24(19(23)22)12-18(25)13-8-9-14(20)15(21)11-13/h4-9,11,18,22,25H,2-3,10,12H2,1H3/t18-/m0/s1. The van der Waals surface area contributed by atoms with E-state index < -0.39 is 6.10 Å². The Bertz CT molecular complexity index is 945. The van der Waals surface area contributed by atoms with E-state index in [1.807, 2.05) is 33.4 Å². The van der Waals surface area contributed by atoms with Crippen LogP contribution in [-0.2, 0) is 13.1 Å². The number of aliphatic hydroxyl groups is 1. The van der Waals surface area contributed by atoms with Crippen molar-refractivity contribution in [3.05, 3.63) is 63.7 Å². The summed E-state index contributed by atoms with van der Waals surface area (Å²) in [5, 5.41) is 20.1. The predicted octanol–water partition coefficient (Wildman–Crippen LogP) is 4.76. The van der Waals surface area contributed by atoms with Gasteiger partial charge in [-0.2, -0.15) is 0 Å². The molecule has 2 aromatic carbocycles. The van der Waals surface area contributed by atoms with Crippen molar-refractivity contribution in [2.75, 3.05) is 0 Å². The van der Waals surface area contributed by atoms with Crippen LogP contribution in [0.3, 0.4) is 0 Å². The van der Waals surface area contributed by atoms with E-state index in [1.165, 1.54) is 0 Å². The normalized spacial score (nSPS) is 12.6. The molecule has 0 aliphatic carbocycles. The molecule has 0 unspecified atom stereocenters. The summed E-state index contributed by atoms with van der Waals surface area (Å²) >= 11 is 12.0. The highest BCUT2D eigenvalue weighted by Gasteiger charge is 2.15. The highest BCUT2D eigenvalue weighted by Crippen LogP contribution is 2.26. The van der Waals surface area contributed by atoms with E-state index in [1.54, 1.807) is 18.2 Å². The number of nitrogens with zero attached hydrogens (tertiary/aromatic N) is 2. The number of fused-ring (bicyclic) bond motifs is 1. The number of rotatable bonds is 6. The number of hydrogen-bond donors (Lipinski definition) is 2. The first-order chi connectivity index (χ1) is 12.0. The van der Waals surface area contributed by atoms with Gasteiger partial charge in [-0.3, -0.25) is 5.41 Å². The molecule has 1 aromatic heterocycles. The smallest absolute Gasteiger partial charge is 0.203 e. The zero-order chi connectivity index (χ0) is 18.0. The minimum Gasteiger partial charge on any atom is -0.387 e. The second kappa shape index (κ2) is 7.65. The molecule has 6 heteroatoms. The van der Waals surface area contributed by atoms with Crippen LogP contribution in [0.4, 0.5) is 0 Å². The highest BCUT2D eigenvalue weighted by molar-refractivity contribution is 6.42. The molecular formula is C19H21Cl2N3O. The molecule has 0 aliphatic rings. The van der Waals surface area contributed by atoms with Gasteiger partial charge < -0.3 is 14.2 Å². The fraction of sp³-hybridized carbons (Fsp3) is 0.316. The fourth-order valence-corrected chi connectivity index (χ4v) is 3.33. The average molecular weight is 378 g/mol. The zero-order valence-electron chi connectivity index (χ0n) is 14.0. The monoisotopic (exact) mass is 377 g/mol. The zero-order valence-corrected chi connectivity index (χ0v) is 15.6. The number of imidazole rings is 1. The molecule has 3 rings (SSSR count). The molecule has 0 aliphatic heterocycles. The van der Waals surface area contributed by atoms with Crippen molar-refractivity contribution in [2.24, 2.45) is 0 Å². The minimum absolute atomic E-state index is 0.288. The molecule has 1 heterocycles. The van der Waals surface area contributed by atoms with Crippen LogP contribution >= 0.6 is 23.2 Å². The van der Waals surface area contributed by atoms with Crippen LogP contribution in [0.2, 0.25) is 10.0 Å². The largest absolute Gasteiger partial charge is 0.387 e. The third-order valence-electron chi connectivity index (χ3n) is 4.39. The molecule has 0 bridgehead atoms. The molecule has 0 amide bonds. The molecule has 0 saturated heterocycles. The van der Waals surface area contributed by atoms with Crippen LogP contribution in [0.5, 0.6) is 0 Å². The number of aryl methyl sites for hydroxylation is 1. The first-order valence-corrected chi connectivity index (χ1v) is 9.14. The first kappa shape index (κ1) is 18.1. The maximum atomic E-state index is 10.6. The number of para-hydroxylation sites is 2. The fourth-order valence-electron chi connectivity index (χ4n) is 3.02. The second-order valence-electron chi connectivity index (χ2n) is 6.12. The Labute approximate surface area is 156 Å². The summed E-state index contributed by atoms with van der Waals surface area (Å²) in [6.07, 6.45) is 1.31. The van der Waals surface area contributed by atoms with Gasteiger partial charge in [0.25, 0.3) is 0 Å². The molecule has 1 atom stereocenters. The molecule has 2 N–H and O–H groups in total. The number of halogens is 2. The lowest BCUT2D eigenvalue weighted by molar-refractivity contribution is 0.155. The lowest BCUT2D eigenvalue weighted by atomic mass is 10.1. The number of nitrogens with one attached hydrogen (secondary N) is 1. The van der Waals surface area contributed by atoms with E-state index in [9.17, 15) is 5.11 Å². The van der Waals surface area contributed by atoms with Gasteiger partial charge in [0.05, 0.1) is 33.7 Å². The summed E-state index contributed by atoms with van der Waals surface area (Å²) in [4.78, 5) is 0. The van der Waals surface area contributed by atoms with E-state index in [0.29, 0.717) is 21.2 Å². The lowest BCUT2D eigenvalue weighted by Gasteiger charge is -2.13. The van der Waals surface area contributed by atoms with E-state index in [4.69, 9.17) is 28.6 Å². The van der Waals surface area contributed by atoms with E-state index in [2.05, 4.69) is 6.92 Å². The van der Waals surface area contributed by atoms with Crippen LogP contribution in [-0.4, -0.2) is 14.2 Å². The quantitative estimate of drug-likeness (QED) is 0.638. The highest BCUT2D eigenvalue weighted by atomic mass is 35.5. The molecule has 0 fully saturated rings. The maximum Gasteiger partial charge on any atom is 0.203 e. The van der Waals surface area contributed by atoms with Crippen LogP contribution < -0.4 is 5.62 Å². The lowest BCUT2D eigenvalue weighted by Crippen LogP contribution is -2.26. The molecule has 25 heavy (non-hydrogen) atoms. The van der Waals surface area contributed by atoms with E-state index in [-0.39, 0.29) is 6.54 Å². The molecule has 0 saturated carbocycles. The Morgan fingerprint density at radius 3 is 2.36 bits per heavy atom. The molecule has 4 nitrogen and oxygen atoms in total. The number of aliphatic hydroxyl groups excluding tert-OH is 1. The van der Waals surface area contributed by atoms with Crippen molar-refractivity contribution in [1.29, 1.82) is 5.41 Å². The van der Waals surface area contributed by atoms with Crippen molar-refractivity contribution in [3.8, 4) is 0 Å². The van der Waals surface area contributed by atoms with Gasteiger partial charge in [-0.25, -0.2) is 0 Å². The Hall–Kier alpha value is -1.75. The van der Waals surface area contributed by atoms with Crippen molar-refractivity contribution >= 4 is 34.2 Å². The number of hydrogen-bond acceptors (Lipinski definition) is 2. The van der Waals surface area contributed by atoms with E-state index in [0.717, 1.165) is 30.4 Å². The Morgan fingerprint density at radius 1 is 1.04 bits per heavy atom. The van der Waals surface area contributed by atoms with Crippen molar-refractivity contribution in [1.82, 2.24) is 9.13 Å². The summed E-state index contributed by atoms with van der Waals surface area (Å²) in [6, 6.07) is 13.0. The van der Waals surface area contributed by atoms with Gasteiger partial charge in [-0.15, -0.1) is 0 Å². The van der Waals surface area contributed by atoms with Gasteiger partial charge in [0.15, 0.2) is 0 Å². The van der Waals surface area contributed by atoms with Gasteiger partial charge in [-0.1, -0.05) is 54.7 Å². The summed E-state index contributed by atoms with van der Waals surface area (Å²) < 4.78 is 3.85. The third kappa shape index (κ3) is 3.61. The van der Waals surface area contributed by atoms with Gasteiger partial charge in [-0.05, 0) is 36.2 Å². The van der Waals surface area contributed by atoms with Crippen molar-refractivity contribution < 1.29 is 5.11 Å². The third-order valence-corrected chi connectivity index (χ3v) is 5.13. The number of benzene rings is 2. The van der Waals surface area contributed by atoms with Crippen molar-refractivity contribution in [2.45, 2.75) is 39.0 Å². The van der Waals surface area contributed by atoms with Gasteiger partial charge in [0.2, 0.25) is 5.62 Å². The molecule has 0 spiro atoms. The van der Waals surface area contributed by atoms with Crippen LogP contribution in [0.25, 0.3) is 11.0 Å². The molecular weight excluding hydrogens is 357 g/mol. The topological polar surface area (TPSA) is 53.9 Å². The predicted molar refractivity (Wildman–Crippen MR) is 102 cm³/mol.